The Kier molecular flexibility index (Phi) is 7.97. The maximum atomic E-state index is 13.5. The zero-order chi connectivity index (χ0) is 23.0. The van der Waals surface area contributed by atoms with E-state index in [4.69, 9.17) is 16.3 Å². The topological polar surface area (TPSA) is 45.7 Å². The van der Waals surface area contributed by atoms with Crippen LogP contribution in [-0.4, -0.2) is 54.0 Å². The maximum Gasteiger partial charge on any atom is 0.226 e. The van der Waals surface area contributed by atoms with Crippen LogP contribution in [0.2, 0.25) is 5.02 Å². The van der Waals surface area contributed by atoms with Crippen LogP contribution in [0.3, 0.4) is 0 Å². The predicted molar refractivity (Wildman–Crippen MR) is 131 cm³/mol. The van der Waals surface area contributed by atoms with Crippen LogP contribution in [-0.2, 0) is 4.79 Å². The molecule has 4 rings (SSSR count). The van der Waals surface area contributed by atoms with Crippen molar-refractivity contribution in [2.75, 3.05) is 33.3 Å². The van der Waals surface area contributed by atoms with Crippen molar-refractivity contribution in [1.82, 2.24) is 14.8 Å². The van der Waals surface area contributed by atoms with E-state index in [0.29, 0.717) is 11.6 Å². The number of para-hydroxylation sites is 1. The molecule has 0 aliphatic carbocycles. The number of halogens is 1. The molecule has 0 radical (unpaired) electrons. The summed E-state index contributed by atoms with van der Waals surface area (Å²) in [5, 5.41) is 0.677. The lowest BCUT2D eigenvalue weighted by Gasteiger charge is -2.35. The van der Waals surface area contributed by atoms with Crippen molar-refractivity contribution in [1.29, 1.82) is 0 Å². The Morgan fingerprint density at radius 2 is 1.76 bits per heavy atom. The van der Waals surface area contributed by atoms with Gasteiger partial charge in [-0.25, -0.2) is 0 Å². The van der Waals surface area contributed by atoms with E-state index in [9.17, 15) is 4.79 Å². The van der Waals surface area contributed by atoms with E-state index in [2.05, 4.69) is 9.88 Å². The van der Waals surface area contributed by atoms with Gasteiger partial charge in [-0.05, 0) is 67.9 Å². The Balaban J connectivity index is 1.36. The van der Waals surface area contributed by atoms with Gasteiger partial charge in [0.15, 0.2) is 0 Å². The fourth-order valence-electron chi connectivity index (χ4n) is 4.40. The predicted octanol–water partition coefficient (Wildman–Crippen LogP) is 5.07. The first kappa shape index (κ1) is 23.3. The number of amides is 1. The van der Waals surface area contributed by atoms with Crippen molar-refractivity contribution < 1.29 is 9.53 Å². The number of ether oxygens (including phenoxy) is 1. The quantitative estimate of drug-likeness (QED) is 0.467. The van der Waals surface area contributed by atoms with Crippen LogP contribution in [0.4, 0.5) is 0 Å². The van der Waals surface area contributed by atoms with E-state index in [-0.39, 0.29) is 17.9 Å². The lowest BCUT2D eigenvalue weighted by molar-refractivity contribution is -0.137. The summed E-state index contributed by atoms with van der Waals surface area (Å²) in [4.78, 5) is 22.3. The fraction of sp³-hybridized carbons (Fsp3) is 0.333. The van der Waals surface area contributed by atoms with E-state index >= 15 is 0 Å². The molecule has 2 heterocycles. The van der Waals surface area contributed by atoms with Crippen molar-refractivity contribution in [3.8, 4) is 5.75 Å². The summed E-state index contributed by atoms with van der Waals surface area (Å²) in [7, 11) is 1.89. The Morgan fingerprint density at radius 1 is 1.06 bits per heavy atom. The second-order valence-electron chi connectivity index (χ2n) is 8.44. The number of rotatable bonds is 8. The molecule has 1 unspecified atom stereocenters. The highest BCUT2D eigenvalue weighted by molar-refractivity contribution is 6.30. The van der Waals surface area contributed by atoms with E-state index in [1.54, 1.807) is 6.20 Å². The number of pyridine rings is 1. The summed E-state index contributed by atoms with van der Waals surface area (Å²) in [6.45, 7) is 3.32. The second-order valence-corrected chi connectivity index (χ2v) is 8.87. The minimum Gasteiger partial charge on any atom is -0.492 e. The number of hydrogen-bond donors (Lipinski definition) is 0. The number of benzene rings is 2. The third kappa shape index (κ3) is 6.12. The summed E-state index contributed by atoms with van der Waals surface area (Å²) >= 11 is 6.10. The molecule has 1 aliphatic heterocycles. The highest BCUT2D eigenvalue weighted by Crippen LogP contribution is 2.30. The molecule has 6 heteroatoms. The zero-order valence-electron chi connectivity index (χ0n) is 18.9. The minimum atomic E-state index is -0.242. The third-order valence-electron chi connectivity index (χ3n) is 6.24. The molecule has 1 atom stereocenters. The summed E-state index contributed by atoms with van der Waals surface area (Å²) in [6.07, 6.45) is 3.47. The van der Waals surface area contributed by atoms with Crippen LogP contribution in [0.15, 0.2) is 79.0 Å². The smallest absolute Gasteiger partial charge is 0.226 e. The van der Waals surface area contributed by atoms with Gasteiger partial charge in [0.05, 0.1) is 11.7 Å². The van der Waals surface area contributed by atoms with Gasteiger partial charge >= 0.3 is 0 Å². The van der Waals surface area contributed by atoms with Crippen molar-refractivity contribution in [3.05, 3.63) is 95.3 Å². The molecular formula is C27H30ClN3O2. The van der Waals surface area contributed by atoms with Crippen LogP contribution in [0.5, 0.6) is 5.75 Å². The minimum absolute atomic E-state index is 0.0137. The van der Waals surface area contributed by atoms with Gasteiger partial charge in [0.1, 0.15) is 12.4 Å². The summed E-state index contributed by atoms with van der Waals surface area (Å²) in [5.74, 6) is 1.08. The van der Waals surface area contributed by atoms with Gasteiger partial charge in [-0.2, -0.15) is 0 Å². The van der Waals surface area contributed by atoms with Gasteiger partial charge in [0.2, 0.25) is 5.91 Å². The number of carbonyl (C=O) groups is 1. The molecule has 3 aromatic rings. The molecule has 1 saturated heterocycles. The molecule has 0 saturated carbocycles. The van der Waals surface area contributed by atoms with E-state index < -0.39 is 0 Å². The lowest BCUT2D eigenvalue weighted by Crippen LogP contribution is -2.43. The van der Waals surface area contributed by atoms with Crippen LogP contribution in [0, 0.1) is 5.92 Å². The average Bonchev–Trinajstić information content (AvgIpc) is 2.86. The largest absolute Gasteiger partial charge is 0.492 e. The Morgan fingerprint density at radius 3 is 2.42 bits per heavy atom. The van der Waals surface area contributed by atoms with E-state index in [0.717, 1.165) is 49.5 Å². The average molecular weight is 464 g/mol. The Labute approximate surface area is 201 Å². The monoisotopic (exact) mass is 463 g/mol. The van der Waals surface area contributed by atoms with Gasteiger partial charge < -0.3 is 9.64 Å². The molecule has 1 aliphatic rings. The highest BCUT2D eigenvalue weighted by atomic mass is 35.5. The van der Waals surface area contributed by atoms with Crippen molar-refractivity contribution in [2.45, 2.75) is 18.9 Å². The van der Waals surface area contributed by atoms with E-state index in [1.807, 2.05) is 84.7 Å². The lowest BCUT2D eigenvalue weighted by atomic mass is 9.93. The first-order chi connectivity index (χ1) is 16.1. The molecule has 1 fully saturated rings. The highest BCUT2D eigenvalue weighted by Gasteiger charge is 2.32. The number of aromatic nitrogens is 1. The molecule has 0 N–H and O–H groups in total. The van der Waals surface area contributed by atoms with Gasteiger partial charge in [0, 0.05) is 30.7 Å². The Bertz CT molecular complexity index is 1010. The first-order valence-electron chi connectivity index (χ1n) is 11.4. The molecule has 5 nitrogen and oxygen atoms in total. The second kappa shape index (κ2) is 11.3. The van der Waals surface area contributed by atoms with E-state index in [1.165, 1.54) is 0 Å². The van der Waals surface area contributed by atoms with Gasteiger partial charge in [-0.3, -0.25) is 14.7 Å². The van der Waals surface area contributed by atoms with Crippen molar-refractivity contribution in [3.63, 3.8) is 0 Å². The van der Waals surface area contributed by atoms with Crippen LogP contribution < -0.4 is 4.74 Å². The molecule has 172 valence electrons. The van der Waals surface area contributed by atoms with Crippen LogP contribution in [0.1, 0.15) is 30.1 Å². The van der Waals surface area contributed by atoms with Crippen molar-refractivity contribution in [2.24, 2.45) is 5.92 Å². The SMILES string of the molecule is CN(C(=O)C1CCN(CCOc2ccccc2)CC1)C(c1ccc(Cl)cc1)c1ccccn1. The third-order valence-corrected chi connectivity index (χ3v) is 6.50. The van der Waals surface area contributed by atoms with Crippen molar-refractivity contribution >= 4 is 17.5 Å². The van der Waals surface area contributed by atoms with Crippen LogP contribution in [0.25, 0.3) is 0 Å². The number of nitrogens with zero attached hydrogens (tertiary/aromatic N) is 3. The fourth-order valence-corrected chi connectivity index (χ4v) is 4.53. The molecule has 1 amide bonds. The maximum absolute atomic E-state index is 13.5. The molecular weight excluding hydrogens is 434 g/mol. The molecule has 33 heavy (non-hydrogen) atoms. The molecule has 0 spiro atoms. The number of likely N-dealkylation sites (tertiary alicyclic amines) is 1. The molecule has 2 aromatic carbocycles. The number of carbonyl (C=O) groups excluding carboxylic acids is 1. The molecule has 1 aromatic heterocycles. The van der Waals surface area contributed by atoms with Gasteiger partial charge in [-0.1, -0.05) is 48.0 Å². The number of piperidine rings is 1. The summed E-state index contributed by atoms with van der Waals surface area (Å²) < 4.78 is 5.83. The first-order valence-corrected chi connectivity index (χ1v) is 11.8. The molecule has 0 bridgehead atoms. The summed E-state index contributed by atoms with van der Waals surface area (Å²) in [5.41, 5.74) is 1.86. The Hall–Kier alpha value is -2.89. The zero-order valence-corrected chi connectivity index (χ0v) is 19.7. The normalized spacial score (nSPS) is 15.7. The van der Waals surface area contributed by atoms with Crippen LogP contribution >= 0.6 is 11.6 Å². The standard InChI is InChI=1S/C27H30ClN3O2/c1-30(26(25-9-5-6-16-29-25)21-10-12-23(28)13-11-21)27(32)22-14-17-31(18-15-22)19-20-33-24-7-3-2-4-8-24/h2-13,16,22,26H,14-15,17-20H2,1H3. The van der Waals surface area contributed by atoms with Gasteiger partial charge in [0.25, 0.3) is 0 Å². The van der Waals surface area contributed by atoms with Gasteiger partial charge in [-0.15, -0.1) is 0 Å². The number of hydrogen-bond acceptors (Lipinski definition) is 4. The summed E-state index contributed by atoms with van der Waals surface area (Å²) in [6, 6.07) is 23.1.